The molecule has 0 aromatic rings. The van der Waals surface area contributed by atoms with Crippen molar-refractivity contribution >= 4 is 0 Å². The third-order valence-corrected chi connectivity index (χ3v) is 0.716. The fraction of sp³-hybridized carbons (Fsp3) is 0.429. The van der Waals surface area contributed by atoms with Gasteiger partial charge in [0.2, 0.25) is 0 Å². The highest BCUT2D eigenvalue weighted by atomic mass is 19.4. The highest BCUT2D eigenvalue weighted by Gasteiger charge is 2.29. The van der Waals surface area contributed by atoms with Gasteiger partial charge in [0, 0.05) is 0 Å². The van der Waals surface area contributed by atoms with E-state index in [2.05, 4.69) is 17.9 Å². The van der Waals surface area contributed by atoms with Crippen molar-refractivity contribution < 1.29 is 17.9 Å². The molecule has 0 aliphatic carbocycles. The van der Waals surface area contributed by atoms with Gasteiger partial charge in [-0.05, 0) is 6.92 Å². The summed E-state index contributed by atoms with van der Waals surface area (Å²) < 4.78 is 39.3. The highest BCUT2D eigenvalue weighted by Crippen LogP contribution is 2.24. The number of hydrogen-bond acceptors (Lipinski definition) is 1. The maximum atomic E-state index is 11.6. The Balaban J connectivity index is 3.80. The van der Waals surface area contributed by atoms with Gasteiger partial charge in [0.1, 0.15) is 12.2 Å². The molecule has 0 amide bonds. The molecule has 0 spiro atoms. The van der Waals surface area contributed by atoms with Crippen LogP contribution in [0.15, 0.2) is 24.7 Å². The number of alkyl halides is 3. The van der Waals surface area contributed by atoms with Crippen molar-refractivity contribution in [2.45, 2.75) is 19.5 Å². The summed E-state index contributed by atoms with van der Waals surface area (Å²) in [5.74, 6) is -0.121. The normalized spacial score (nSPS) is 10.9. The second kappa shape index (κ2) is 3.46. The molecule has 0 fully saturated rings. The second-order valence-corrected chi connectivity index (χ2v) is 2.13. The van der Waals surface area contributed by atoms with Crippen LogP contribution in [0.25, 0.3) is 0 Å². The molecular weight excluding hydrogens is 157 g/mol. The first-order chi connectivity index (χ1) is 4.81. The van der Waals surface area contributed by atoms with E-state index in [0.29, 0.717) is 0 Å². The van der Waals surface area contributed by atoms with Crippen LogP contribution in [0.5, 0.6) is 0 Å². The molecule has 0 aliphatic heterocycles. The molecule has 1 nitrogen and oxygen atoms in total. The SMILES string of the molecule is C=C(C)OC(=C)CC(F)(F)F. The zero-order valence-corrected chi connectivity index (χ0v) is 6.16. The third-order valence-electron chi connectivity index (χ3n) is 0.716. The number of rotatable bonds is 3. The van der Waals surface area contributed by atoms with Gasteiger partial charge in [-0.3, -0.25) is 0 Å². The molecular formula is C7H9F3O. The summed E-state index contributed by atoms with van der Waals surface area (Å²) in [5, 5.41) is 0. The minimum Gasteiger partial charge on any atom is -0.467 e. The molecule has 0 unspecified atom stereocenters. The lowest BCUT2D eigenvalue weighted by Crippen LogP contribution is -2.09. The van der Waals surface area contributed by atoms with Crippen LogP contribution in [0, 0.1) is 0 Å². The minimum absolute atomic E-state index is 0.208. The quantitative estimate of drug-likeness (QED) is 0.585. The van der Waals surface area contributed by atoms with Gasteiger partial charge in [0.05, 0.1) is 5.76 Å². The van der Waals surface area contributed by atoms with E-state index in [1.165, 1.54) is 6.92 Å². The van der Waals surface area contributed by atoms with E-state index >= 15 is 0 Å². The van der Waals surface area contributed by atoms with Crippen molar-refractivity contribution in [3.05, 3.63) is 24.7 Å². The van der Waals surface area contributed by atoms with E-state index < -0.39 is 12.6 Å². The highest BCUT2D eigenvalue weighted by molar-refractivity contribution is 4.92. The summed E-state index contributed by atoms with van der Waals surface area (Å²) in [6, 6.07) is 0. The lowest BCUT2D eigenvalue weighted by atomic mass is 10.4. The molecule has 0 heterocycles. The van der Waals surface area contributed by atoms with E-state index in [1.54, 1.807) is 0 Å². The van der Waals surface area contributed by atoms with Gasteiger partial charge in [-0.2, -0.15) is 13.2 Å². The smallest absolute Gasteiger partial charge is 0.396 e. The zero-order chi connectivity index (χ0) is 9.07. The van der Waals surface area contributed by atoms with E-state index in [1.807, 2.05) is 0 Å². The summed E-state index contributed by atoms with van der Waals surface area (Å²) in [4.78, 5) is 0. The Morgan fingerprint density at radius 3 is 2.09 bits per heavy atom. The molecule has 0 aromatic carbocycles. The van der Waals surface area contributed by atoms with Crippen LogP contribution in [-0.4, -0.2) is 6.18 Å². The van der Waals surface area contributed by atoms with E-state index in [4.69, 9.17) is 0 Å². The zero-order valence-electron chi connectivity index (χ0n) is 6.16. The first-order valence-corrected chi connectivity index (χ1v) is 2.89. The predicted octanol–water partition coefficient (Wildman–Crippen LogP) is 3.00. The molecule has 0 radical (unpaired) electrons. The molecule has 11 heavy (non-hydrogen) atoms. The Morgan fingerprint density at radius 2 is 1.82 bits per heavy atom. The lowest BCUT2D eigenvalue weighted by molar-refractivity contribution is -0.132. The minimum atomic E-state index is -4.26. The van der Waals surface area contributed by atoms with E-state index in [9.17, 15) is 13.2 Å². The van der Waals surface area contributed by atoms with Crippen LogP contribution in [0.2, 0.25) is 0 Å². The Bertz CT molecular complexity index is 169. The third kappa shape index (κ3) is 6.96. The van der Waals surface area contributed by atoms with Gasteiger partial charge in [0.25, 0.3) is 0 Å². The summed E-state index contributed by atoms with van der Waals surface area (Å²) in [6.45, 7) is 7.81. The van der Waals surface area contributed by atoms with E-state index in [0.717, 1.165) is 0 Å². The van der Waals surface area contributed by atoms with Crippen LogP contribution >= 0.6 is 0 Å². The summed E-state index contributed by atoms with van der Waals surface area (Å²) in [7, 11) is 0. The van der Waals surface area contributed by atoms with E-state index in [-0.39, 0.29) is 11.5 Å². The largest absolute Gasteiger partial charge is 0.467 e. The van der Waals surface area contributed by atoms with Crippen molar-refractivity contribution in [1.82, 2.24) is 0 Å². The number of hydrogen-bond donors (Lipinski definition) is 0. The molecule has 0 saturated carbocycles. The fourth-order valence-electron chi connectivity index (χ4n) is 0.506. The Kier molecular flexibility index (Phi) is 3.17. The Labute approximate surface area is 63.2 Å². The van der Waals surface area contributed by atoms with Gasteiger partial charge < -0.3 is 4.74 Å². The van der Waals surface area contributed by atoms with Crippen LogP contribution < -0.4 is 0 Å². The summed E-state index contributed by atoms with van der Waals surface area (Å²) in [6.07, 6.45) is -5.38. The van der Waals surface area contributed by atoms with Gasteiger partial charge in [-0.1, -0.05) is 13.2 Å². The molecule has 0 bridgehead atoms. The van der Waals surface area contributed by atoms with Crippen LogP contribution in [-0.2, 0) is 4.74 Å². The summed E-state index contributed by atoms with van der Waals surface area (Å²) >= 11 is 0. The second-order valence-electron chi connectivity index (χ2n) is 2.13. The number of halogens is 3. The predicted molar refractivity (Wildman–Crippen MR) is 35.7 cm³/mol. The summed E-state index contributed by atoms with van der Waals surface area (Å²) in [5.41, 5.74) is 0. The Hall–Kier alpha value is -0.930. The van der Waals surface area contributed by atoms with Crippen LogP contribution in [0.3, 0.4) is 0 Å². The van der Waals surface area contributed by atoms with Gasteiger partial charge >= 0.3 is 6.18 Å². The fourth-order valence-corrected chi connectivity index (χ4v) is 0.506. The van der Waals surface area contributed by atoms with Crippen molar-refractivity contribution in [2.24, 2.45) is 0 Å². The molecule has 0 atom stereocenters. The topological polar surface area (TPSA) is 9.23 Å². The van der Waals surface area contributed by atoms with Crippen molar-refractivity contribution in [3.8, 4) is 0 Å². The molecule has 0 aliphatic rings. The molecule has 0 rings (SSSR count). The number of allylic oxidation sites excluding steroid dienone is 2. The maximum absolute atomic E-state index is 11.6. The van der Waals surface area contributed by atoms with Crippen molar-refractivity contribution in [1.29, 1.82) is 0 Å². The lowest BCUT2D eigenvalue weighted by Gasteiger charge is -2.09. The molecule has 0 N–H and O–H groups in total. The maximum Gasteiger partial charge on any atom is 0.396 e. The first-order valence-electron chi connectivity index (χ1n) is 2.89. The molecule has 0 saturated heterocycles. The average Bonchev–Trinajstić information content (AvgIpc) is 1.53. The van der Waals surface area contributed by atoms with Gasteiger partial charge in [-0.25, -0.2) is 0 Å². The molecule has 64 valence electrons. The average molecular weight is 166 g/mol. The number of ether oxygens (including phenoxy) is 1. The standard InChI is InChI=1S/C7H9F3O/c1-5(2)11-6(3)4-7(8,9)10/h1,3-4H2,2H3. The van der Waals surface area contributed by atoms with Crippen LogP contribution in [0.1, 0.15) is 13.3 Å². The Morgan fingerprint density at radius 1 is 1.36 bits per heavy atom. The van der Waals surface area contributed by atoms with Crippen LogP contribution in [0.4, 0.5) is 13.2 Å². The van der Waals surface area contributed by atoms with Gasteiger partial charge in [0.15, 0.2) is 0 Å². The van der Waals surface area contributed by atoms with Crippen molar-refractivity contribution in [2.75, 3.05) is 0 Å². The monoisotopic (exact) mass is 166 g/mol. The first kappa shape index (κ1) is 10.1. The van der Waals surface area contributed by atoms with Gasteiger partial charge in [-0.15, -0.1) is 0 Å². The van der Waals surface area contributed by atoms with Crippen molar-refractivity contribution in [3.63, 3.8) is 0 Å². The molecule has 0 aromatic heterocycles. The molecule has 4 heteroatoms.